The van der Waals surface area contributed by atoms with Gasteiger partial charge in [-0.15, -0.1) is 0 Å². The summed E-state index contributed by atoms with van der Waals surface area (Å²) in [5.41, 5.74) is 8.11. The number of nitrogens with two attached hydrogens (primary N) is 1. The van der Waals surface area contributed by atoms with Crippen LogP contribution in [0.3, 0.4) is 0 Å². The van der Waals surface area contributed by atoms with Gasteiger partial charge >= 0.3 is 0 Å². The van der Waals surface area contributed by atoms with Gasteiger partial charge in [0.2, 0.25) is 0 Å². The lowest BCUT2D eigenvalue weighted by Crippen LogP contribution is -2.34. The Morgan fingerprint density at radius 2 is 2.05 bits per heavy atom. The Bertz CT molecular complexity index is 614. The van der Waals surface area contributed by atoms with E-state index in [-0.39, 0.29) is 0 Å². The number of anilines is 1. The summed E-state index contributed by atoms with van der Waals surface area (Å²) in [6.45, 7) is 5.12. The average Bonchev–Trinajstić information content (AvgIpc) is 2.89. The van der Waals surface area contributed by atoms with Gasteiger partial charge in [-0.05, 0) is 43.0 Å². The molecule has 3 rings (SSSR count). The molecule has 2 N–H and O–H groups in total. The molecule has 1 aliphatic rings. The number of piperidine rings is 1. The van der Waals surface area contributed by atoms with Gasteiger partial charge in [-0.25, -0.2) is 0 Å². The molecule has 112 valence electrons. The number of halogens is 1. The summed E-state index contributed by atoms with van der Waals surface area (Å²) in [6, 6.07) is 8.62. The fourth-order valence-electron chi connectivity index (χ4n) is 2.92. The highest BCUT2D eigenvalue weighted by Gasteiger charge is 2.21. The lowest BCUT2D eigenvalue weighted by Gasteiger charge is -2.32. The van der Waals surface area contributed by atoms with Crippen LogP contribution in [-0.2, 0) is 6.54 Å². The summed E-state index contributed by atoms with van der Waals surface area (Å²) in [4.78, 5) is 2.46. The molecule has 0 radical (unpaired) electrons. The zero-order valence-corrected chi connectivity index (χ0v) is 13.1. The predicted molar refractivity (Wildman–Crippen MR) is 86.4 cm³/mol. The van der Waals surface area contributed by atoms with E-state index >= 15 is 0 Å². The molecule has 1 aromatic carbocycles. The van der Waals surface area contributed by atoms with E-state index in [4.69, 9.17) is 17.3 Å². The summed E-state index contributed by atoms with van der Waals surface area (Å²) in [5.74, 6) is 0.601. The first kappa shape index (κ1) is 14.4. The summed E-state index contributed by atoms with van der Waals surface area (Å²) < 4.78 is 2.01. The zero-order valence-electron chi connectivity index (χ0n) is 12.3. The third-order valence-electron chi connectivity index (χ3n) is 4.16. The third-order valence-corrected chi connectivity index (χ3v) is 4.51. The Labute approximate surface area is 130 Å². The molecule has 0 atom stereocenters. The highest BCUT2D eigenvalue weighted by atomic mass is 35.5. The molecule has 4 nitrogen and oxygen atoms in total. The second kappa shape index (κ2) is 6.08. The average molecular weight is 305 g/mol. The van der Waals surface area contributed by atoms with Crippen LogP contribution in [0, 0.1) is 6.92 Å². The number of rotatable bonds is 3. The van der Waals surface area contributed by atoms with E-state index in [2.05, 4.69) is 29.1 Å². The van der Waals surface area contributed by atoms with Gasteiger partial charge in [0.05, 0.1) is 6.04 Å². The first-order valence-corrected chi connectivity index (χ1v) is 7.77. The molecular formula is C16H21ClN4. The van der Waals surface area contributed by atoms with Crippen LogP contribution in [0.4, 0.5) is 5.82 Å². The van der Waals surface area contributed by atoms with Crippen LogP contribution in [0.2, 0.25) is 5.02 Å². The van der Waals surface area contributed by atoms with Crippen LogP contribution in [0.5, 0.6) is 0 Å². The van der Waals surface area contributed by atoms with Crippen molar-refractivity contribution in [1.29, 1.82) is 0 Å². The van der Waals surface area contributed by atoms with E-state index in [1.54, 1.807) is 0 Å². The lowest BCUT2D eigenvalue weighted by atomic mass is 10.0. The summed E-state index contributed by atoms with van der Waals surface area (Å²) in [7, 11) is 0. The molecule has 0 aliphatic carbocycles. The van der Waals surface area contributed by atoms with Gasteiger partial charge in [0.1, 0.15) is 5.82 Å². The summed E-state index contributed by atoms with van der Waals surface area (Å²) in [6.07, 6.45) is 4.18. The van der Waals surface area contributed by atoms with E-state index in [0.29, 0.717) is 11.9 Å². The molecule has 1 saturated heterocycles. The van der Waals surface area contributed by atoms with Crippen molar-refractivity contribution in [3.8, 4) is 0 Å². The molecule has 1 aromatic heterocycles. The topological polar surface area (TPSA) is 47.1 Å². The van der Waals surface area contributed by atoms with Crippen LogP contribution >= 0.6 is 11.6 Å². The highest BCUT2D eigenvalue weighted by molar-refractivity contribution is 6.31. The molecule has 1 aliphatic heterocycles. The molecule has 0 bridgehead atoms. The highest BCUT2D eigenvalue weighted by Crippen LogP contribution is 2.25. The standard InChI is InChI=1S/C16H21ClN4/c1-12-2-3-13(15(17)10-12)11-20-7-4-14(5-8-20)21-9-6-16(18)19-21/h2-3,6,9-10,14H,4-5,7-8,11H2,1H3,(H2,18,19). The molecule has 21 heavy (non-hydrogen) atoms. The monoisotopic (exact) mass is 304 g/mol. The number of hydrogen-bond acceptors (Lipinski definition) is 3. The van der Waals surface area contributed by atoms with Gasteiger partial charge in [0.15, 0.2) is 0 Å². The smallest absolute Gasteiger partial charge is 0.145 e. The number of aromatic nitrogens is 2. The van der Waals surface area contributed by atoms with Crippen molar-refractivity contribution in [3.63, 3.8) is 0 Å². The van der Waals surface area contributed by atoms with Crippen molar-refractivity contribution in [2.45, 2.75) is 32.4 Å². The van der Waals surface area contributed by atoms with Gasteiger partial charge in [0.25, 0.3) is 0 Å². The van der Waals surface area contributed by atoms with Gasteiger partial charge < -0.3 is 5.73 Å². The quantitative estimate of drug-likeness (QED) is 0.946. The Morgan fingerprint density at radius 1 is 1.29 bits per heavy atom. The minimum atomic E-state index is 0.465. The van der Waals surface area contributed by atoms with Gasteiger partial charge in [-0.1, -0.05) is 23.7 Å². The largest absolute Gasteiger partial charge is 0.382 e. The molecule has 0 unspecified atom stereocenters. The molecule has 0 spiro atoms. The Morgan fingerprint density at radius 3 is 2.67 bits per heavy atom. The predicted octanol–water partition coefficient (Wildman–Crippen LogP) is 3.26. The number of likely N-dealkylation sites (tertiary alicyclic amines) is 1. The number of aryl methyl sites for hydroxylation is 1. The minimum Gasteiger partial charge on any atom is -0.382 e. The molecule has 5 heteroatoms. The van der Waals surface area contributed by atoms with Crippen LogP contribution in [0.25, 0.3) is 0 Å². The number of hydrogen-bond donors (Lipinski definition) is 1. The molecular weight excluding hydrogens is 284 g/mol. The van der Waals surface area contributed by atoms with Crippen molar-refractivity contribution in [2.75, 3.05) is 18.8 Å². The van der Waals surface area contributed by atoms with Gasteiger partial charge in [0, 0.05) is 30.9 Å². The first-order chi connectivity index (χ1) is 10.1. The fourth-order valence-corrected chi connectivity index (χ4v) is 3.21. The number of nitrogens with zero attached hydrogens (tertiary/aromatic N) is 3. The van der Waals surface area contributed by atoms with Crippen molar-refractivity contribution in [2.24, 2.45) is 0 Å². The van der Waals surface area contributed by atoms with Crippen LogP contribution in [0.1, 0.15) is 30.0 Å². The van der Waals surface area contributed by atoms with Crippen molar-refractivity contribution in [1.82, 2.24) is 14.7 Å². The maximum atomic E-state index is 6.32. The first-order valence-electron chi connectivity index (χ1n) is 7.40. The number of nitrogen functional groups attached to an aromatic ring is 1. The second-order valence-corrected chi connectivity index (χ2v) is 6.23. The van der Waals surface area contributed by atoms with E-state index in [9.17, 15) is 0 Å². The number of benzene rings is 1. The van der Waals surface area contributed by atoms with Crippen molar-refractivity contribution >= 4 is 17.4 Å². The van der Waals surface area contributed by atoms with Crippen LogP contribution < -0.4 is 5.73 Å². The Balaban J connectivity index is 1.58. The summed E-state index contributed by atoms with van der Waals surface area (Å²) >= 11 is 6.32. The lowest BCUT2D eigenvalue weighted by molar-refractivity contribution is 0.173. The molecule has 1 fully saturated rings. The van der Waals surface area contributed by atoms with E-state index in [0.717, 1.165) is 37.5 Å². The van der Waals surface area contributed by atoms with E-state index < -0.39 is 0 Å². The van der Waals surface area contributed by atoms with Gasteiger partial charge in [-0.3, -0.25) is 9.58 Å². The van der Waals surface area contributed by atoms with E-state index in [1.165, 1.54) is 11.1 Å². The SMILES string of the molecule is Cc1ccc(CN2CCC(n3ccc(N)n3)CC2)c(Cl)c1. The van der Waals surface area contributed by atoms with Gasteiger partial charge in [-0.2, -0.15) is 5.10 Å². The van der Waals surface area contributed by atoms with Crippen LogP contribution in [-0.4, -0.2) is 27.8 Å². The van der Waals surface area contributed by atoms with Crippen molar-refractivity contribution < 1.29 is 0 Å². The second-order valence-electron chi connectivity index (χ2n) is 5.82. The molecule has 2 aromatic rings. The zero-order chi connectivity index (χ0) is 14.8. The third kappa shape index (κ3) is 3.39. The van der Waals surface area contributed by atoms with Crippen molar-refractivity contribution in [3.05, 3.63) is 46.6 Å². The maximum Gasteiger partial charge on any atom is 0.145 e. The fraction of sp³-hybridized carbons (Fsp3) is 0.438. The normalized spacial score (nSPS) is 17.2. The van der Waals surface area contributed by atoms with E-state index in [1.807, 2.05) is 23.0 Å². The molecule has 0 amide bonds. The molecule has 2 heterocycles. The Hall–Kier alpha value is -1.52. The van der Waals surface area contributed by atoms with Crippen LogP contribution in [0.15, 0.2) is 30.5 Å². The molecule has 0 saturated carbocycles. The summed E-state index contributed by atoms with van der Waals surface area (Å²) in [5, 5.41) is 5.19. The maximum absolute atomic E-state index is 6.32. The Kier molecular flexibility index (Phi) is 4.17. The minimum absolute atomic E-state index is 0.465.